The van der Waals surface area contributed by atoms with Crippen LogP contribution in [0.5, 0.6) is 0 Å². The lowest BCUT2D eigenvalue weighted by molar-refractivity contribution is 0.0728. The number of fused-ring (bicyclic) bond motifs is 2. The molecule has 0 unspecified atom stereocenters. The van der Waals surface area contributed by atoms with E-state index in [2.05, 4.69) is 9.97 Å². The van der Waals surface area contributed by atoms with E-state index in [-0.39, 0.29) is 11.5 Å². The van der Waals surface area contributed by atoms with E-state index in [9.17, 15) is 9.59 Å². The first-order valence-electron chi connectivity index (χ1n) is 9.33. The van der Waals surface area contributed by atoms with Gasteiger partial charge in [-0.1, -0.05) is 6.42 Å². The Hall–Kier alpha value is -2.96. The molecule has 3 heterocycles. The molecule has 0 spiro atoms. The summed E-state index contributed by atoms with van der Waals surface area (Å²) in [6.45, 7) is 1.07. The van der Waals surface area contributed by atoms with Crippen molar-refractivity contribution in [2.45, 2.75) is 38.1 Å². The molecular formula is C20H20N4O3. The number of carbonyl (C=O) groups is 1. The van der Waals surface area contributed by atoms with Gasteiger partial charge in [-0.05, 0) is 31.0 Å². The van der Waals surface area contributed by atoms with Crippen LogP contribution in [0, 0.1) is 0 Å². The number of benzene rings is 1. The molecule has 1 fully saturated rings. The molecule has 1 aromatic carbocycles. The number of aromatic nitrogens is 3. The van der Waals surface area contributed by atoms with Gasteiger partial charge >= 0.3 is 0 Å². The zero-order chi connectivity index (χ0) is 18.5. The molecule has 1 aliphatic heterocycles. The van der Waals surface area contributed by atoms with Crippen molar-refractivity contribution in [1.82, 2.24) is 19.4 Å². The largest absolute Gasteiger partial charge is 0.445 e. The van der Waals surface area contributed by atoms with Gasteiger partial charge in [-0.2, -0.15) is 0 Å². The third kappa shape index (κ3) is 2.65. The highest BCUT2D eigenvalue weighted by Crippen LogP contribution is 2.37. The SMILES string of the molecule is Cn1cnc2cc(C(=O)N3CCc4oc(C5CCC5)nc4C3)ccc2c1=O. The summed E-state index contributed by atoms with van der Waals surface area (Å²) in [4.78, 5) is 35.8. The van der Waals surface area contributed by atoms with Crippen molar-refractivity contribution < 1.29 is 9.21 Å². The Morgan fingerprint density at radius 2 is 2.15 bits per heavy atom. The smallest absolute Gasteiger partial charge is 0.260 e. The fourth-order valence-corrected chi connectivity index (χ4v) is 3.75. The molecule has 7 heteroatoms. The number of oxazole rings is 1. The molecule has 0 radical (unpaired) electrons. The van der Waals surface area contributed by atoms with Gasteiger partial charge in [-0.3, -0.25) is 9.59 Å². The van der Waals surface area contributed by atoms with Crippen LogP contribution in [0.15, 0.2) is 33.7 Å². The molecular weight excluding hydrogens is 344 g/mol. The maximum absolute atomic E-state index is 13.0. The van der Waals surface area contributed by atoms with Gasteiger partial charge in [0.25, 0.3) is 11.5 Å². The van der Waals surface area contributed by atoms with Gasteiger partial charge in [-0.15, -0.1) is 0 Å². The summed E-state index contributed by atoms with van der Waals surface area (Å²) in [5.41, 5.74) is 1.83. The van der Waals surface area contributed by atoms with Gasteiger partial charge in [0, 0.05) is 31.5 Å². The zero-order valence-electron chi connectivity index (χ0n) is 15.1. The predicted octanol–water partition coefficient (Wildman–Crippen LogP) is 2.39. The van der Waals surface area contributed by atoms with Crippen LogP contribution >= 0.6 is 0 Å². The summed E-state index contributed by atoms with van der Waals surface area (Å²) in [7, 11) is 1.66. The highest BCUT2D eigenvalue weighted by molar-refractivity contribution is 5.97. The molecule has 2 aromatic heterocycles. The Balaban J connectivity index is 1.41. The Morgan fingerprint density at radius 3 is 2.93 bits per heavy atom. The molecule has 1 amide bonds. The van der Waals surface area contributed by atoms with Gasteiger partial charge in [0.1, 0.15) is 11.5 Å². The maximum atomic E-state index is 13.0. The van der Waals surface area contributed by atoms with E-state index in [0.717, 1.165) is 30.2 Å². The average Bonchev–Trinajstić information content (AvgIpc) is 3.04. The van der Waals surface area contributed by atoms with Crippen molar-refractivity contribution in [2.24, 2.45) is 7.05 Å². The lowest BCUT2D eigenvalue weighted by Crippen LogP contribution is -2.35. The van der Waals surface area contributed by atoms with Crippen molar-refractivity contribution >= 4 is 16.8 Å². The Bertz CT molecular complexity index is 1110. The van der Waals surface area contributed by atoms with Crippen molar-refractivity contribution in [1.29, 1.82) is 0 Å². The second kappa shape index (κ2) is 6.04. The topological polar surface area (TPSA) is 81.2 Å². The van der Waals surface area contributed by atoms with Crippen molar-refractivity contribution in [2.75, 3.05) is 6.54 Å². The molecule has 2 aliphatic rings. The minimum absolute atomic E-state index is 0.0711. The summed E-state index contributed by atoms with van der Waals surface area (Å²) in [6.07, 6.45) is 5.69. The van der Waals surface area contributed by atoms with E-state index in [1.807, 2.05) is 0 Å². The molecule has 0 bridgehead atoms. The predicted molar refractivity (Wildman–Crippen MR) is 98.5 cm³/mol. The van der Waals surface area contributed by atoms with Crippen molar-refractivity contribution in [3.05, 3.63) is 57.8 Å². The first kappa shape index (κ1) is 16.2. The van der Waals surface area contributed by atoms with E-state index in [0.29, 0.717) is 41.9 Å². The fourth-order valence-electron chi connectivity index (χ4n) is 3.75. The van der Waals surface area contributed by atoms with E-state index in [1.165, 1.54) is 17.3 Å². The molecule has 0 saturated heterocycles. The Kier molecular flexibility index (Phi) is 3.63. The summed E-state index contributed by atoms with van der Waals surface area (Å²) < 4.78 is 7.36. The second-order valence-corrected chi connectivity index (χ2v) is 7.42. The summed E-state index contributed by atoms with van der Waals surface area (Å²) in [5.74, 6) is 2.14. The van der Waals surface area contributed by atoms with E-state index >= 15 is 0 Å². The number of aryl methyl sites for hydroxylation is 1. The lowest BCUT2D eigenvalue weighted by Gasteiger charge is -2.25. The molecule has 1 saturated carbocycles. The summed E-state index contributed by atoms with van der Waals surface area (Å²) in [5, 5.41) is 0.513. The number of carbonyl (C=O) groups excluding carboxylic acids is 1. The first-order chi connectivity index (χ1) is 13.1. The fraction of sp³-hybridized carbons (Fsp3) is 0.400. The number of hydrogen-bond acceptors (Lipinski definition) is 5. The van der Waals surface area contributed by atoms with Crippen LogP contribution in [0.1, 0.15) is 52.9 Å². The van der Waals surface area contributed by atoms with Gasteiger partial charge in [-0.25, -0.2) is 9.97 Å². The van der Waals surface area contributed by atoms with Crippen LogP contribution in [0.25, 0.3) is 10.9 Å². The number of hydrogen-bond donors (Lipinski definition) is 0. The Labute approximate surface area is 155 Å². The molecule has 7 nitrogen and oxygen atoms in total. The van der Waals surface area contributed by atoms with Gasteiger partial charge in [0.05, 0.1) is 23.8 Å². The van der Waals surface area contributed by atoms with E-state index in [4.69, 9.17) is 4.42 Å². The van der Waals surface area contributed by atoms with Crippen LogP contribution in [0.2, 0.25) is 0 Å². The molecule has 5 rings (SSSR count). The van der Waals surface area contributed by atoms with Crippen molar-refractivity contribution in [3.8, 4) is 0 Å². The van der Waals surface area contributed by atoms with Gasteiger partial charge in [0.2, 0.25) is 0 Å². The average molecular weight is 364 g/mol. The van der Waals surface area contributed by atoms with Gasteiger partial charge < -0.3 is 13.9 Å². The maximum Gasteiger partial charge on any atom is 0.260 e. The highest BCUT2D eigenvalue weighted by Gasteiger charge is 2.30. The summed E-state index contributed by atoms with van der Waals surface area (Å²) in [6, 6.07) is 5.07. The number of nitrogens with zero attached hydrogens (tertiary/aromatic N) is 4. The molecule has 1 aliphatic carbocycles. The molecule has 3 aromatic rings. The van der Waals surface area contributed by atoms with E-state index < -0.39 is 0 Å². The summed E-state index contributed by atoms with van der Waals surface area (Å²) >= 11 is 0. The van der Waals surface area contributed by atoms with Crippen LogP contribution < -0.4 is 5.56 Å². The van der Waals surface area contributed by atoms with E-state index in [1.54, 1.807) is 30.1 Å². The second-order valence-electron chi connectivity index (χ2n) is 7.42. The van der Waals surface area contributed by atoms with Crippen LogP contribution in [-0.4, -0.2) is 31.9 Å². The minimum Gasteiger partial charge on any atom is -0.445 e. The third-order valence-corrected chi connectivity index (χ3v) is 5.65. The number of rotatable bonds is 2. The standard InChI is InChI=1S/C20H20N4O3/c1-23-11-21-15-9-13(5-6-14(15)20(23)26)19(25)24-8-7-17-16(10-24)22-18(27-17)12-3-2-4-12/h5-6,9,11-12H,2-4,7-8,10H2,1H3. The third-order valence-electron chi connectivity index (χ3n) is 5.65. The van der Waals surface area contributed by atoms with Gasteiger partial charge in [0.15, 0.2) is 5.89 Å². The van der Waals surface area contributed by atoms with Crippen LogP contribution in [0.3, 0.4) is 0 Å². The molecule has 0 N–H and O–H groups in total. The highest BCUT2D eigenvalue weighted by atomic mass is 16.4. The first-order valence-corrected chi connectivity index (χ1v) is 9.33. The normalized spacial score (nSPS) is 17.0. The lowest BCUT2D eigenvalue weighted by atomic mass is 9.85. The van der Waals surface area contributed by atoms with Crippen LogP contribution in [0.4, 0.5) is 0 Å². The van der Waals surface area contributed by atoms with Crippen LogP contribution in [-0.2, 0) is 20.0 Å². The zero-order valence-corrected chi connectivity index (χ0v) is 15.1. The monoisotopic (exact) mass is 364 g/mol. The molecule has 0 atom stereocenters. The minimum atomic E-state index is -0.118. The molecule has 27 heavy (non-hydrogen) atoms. The Morgan fingerprint density at radius 1 is 1.30 bits per heavy atom. The molecule has 138 valence electrons. The quantitative estimate of drug-likeness (QED) is 0.697. The van der Waals surface area contributed by atoms with Crippen molar-refractivity contribution in [3.63, 3.8) is 0 Å². The number of amides is 1.